The molecule has 0 aliphatic carbocycles. The van der Waals surface area contributed by atoms with Gasteiger partial charge in [-0.15, -0.1) is 0 Å². The van der Waals surface area contributed by atoms with Gasteiger partial charge in [0.25, 0.3) is 5.91 Å². The molecule has 1 unspecified atom stereocenters. The third kappa shape index (κ3) is 4.85. The summed E-state index contributed by atoms with van der Waals surface area (Å²) < 4.78 is 48.2. The molecule has 10 heteroatoms. The average molecular weight is 474 g/mol. The number of carbonyl (C=O) groups is 2. The van der Waals surface area contributed by atoms with Gasteiger partial charge in [0, 0.05) is 18.8 Å². The zero-order valence-electron chi connectivity index (χ0n) is 18.9. The Morgan fingerprint density at radius 1 is 1.18 bits per heavy atom. The van der Waals surface area contributed by atoms with Gasteiger partial charge >= 0.3 is 6.18 Å². The fraction of sp³-hybridized carbons (Fsp3) is 0.375. The molecule has 0 spiro atoms. The maximum Gasteiger partial charge on any atom is 0.416 e. The van der Waals surface area contributed by atoms with Crippen molar-refractivity contribution < 1.29 is 27.2 Å². The van der Waals surface area contributed by atoms with Crippen LogP contribution in [0.25, 0.3) is 5.69 Å². The molecule has 3 aromatic rings. The molecule has 1 saturated heterocycles. The number of amides is 2. The minimum Gasteiger partial charge on any atom is -0.459 e. The van der Waals surface area contributed by atoms with Crippen molar-refractivity contribution in [2.24, 2.45) is 0 Å². The molecular formula is C24H25F3N4O3. The highest BCUT2D eigenvalue weighted by Gasteiger charge is 2.36. The van der Waals surface area contributed by atoms with Crippen LogP contribution in [0.15, 0.2) is 47.1 Å². The first-order chi connectivity index (χ1) is 16.1. The fourth-order valence-electron chi connectivity index (χ4n) is 4.29. The van der Waals surface area contributed by atoms with Crippen LogP contribution in [0.3, 0.4) is 0 Å². The van der Waals surface area contributed by atoms with Gasteiger partial charge < -0.3 is 14.6 Å². The molecule has 180 valence electrons. The van der Waals surface area contributed by atoms with Crippen molar-refractivity contribution >= 4 is 11.8 Å². The van der Waals surface area contributed by atoms with E-state index in [1.54, 1.807) is 32.0 Å². The van der Waals surface area contributed by atoms with Gasteiger partial charge in [-0.2, -0.15) is 18.3 Å². The number of rotatable bonds is 5. The third-order valence-corrected chi connectivity index (χ3v) is 5.90. The Balaban J connectivity index is 1.53. The Morgan fingerprint density at radius 3 is 2.62 bits per heavy atom. The number of aromatic nitrogens is 2. The number of aryl methyl sites for hydroxylation is 2. The summed E-state index contributed by atoms with van der Waals surface area (Å²) in [5, 5.41) is 6.85. The minimum atomic E-state index is -4.61. The zero-order chi connectivity index (χ0) is 24.5. The predicted molar refractivity (Wildman–Crippen MR) is 117 cm³/mol. The summed E-state index contributed by atoms with van der Waals surface area (Å²) in [4.78, 5) is 27.1. The fourth-order valence-corrected chi connectivity index (χ4v) is 4.29. The lowest BCUT2D eigenvalue weighted by molar-refractivity contribution is -0.138. The number of benzene rings is 1. The summed E-state index contributed by atoms with van der Waals surface area (Å²) in [6.07, 6.45) is -1.33. The quantitative estimate of drug-likeness (QED) is 0.594. The molecule has 34 heavy (non-hydrogen) atoms. The van der Waals surface area contributed by atoms with Crippen molar-refractivity contribution in [3.63, 3.8) is 0 Å². The highest BCUT2D eigenvalue weighted by molar-refractivity contribution is 5.95. The lowest BCUT2D eigenvalue weighted by atomic mass is 10.0. The summed E-state index contributed by atoms with van der Waals surface area (Å²) in [5.41, 5.74) is 0.792. The lowest BCUT2D eigenvalue weighted by Crippen LogP contribution is -2.51. The van der Waals surface area contributed by atoms with Crippen LogP contribution in [0.4, 0.5) is 13.2 Å². The molecule has 2 amide bonds. The van der Waals surface area contributed by atoms with Gasteiger partial charge in [0.2, 0.25) is 5.91 Å². The van der Waals surface area contributed by atoms with Crippen molar-refractivity contribution in [2.45, 2.75) is 51.9 Å². The van der Waals surface area contributed by atoms with Gasteiger partial charge in [-0.1, -0.05) is 6.07 Å². The second-order valence-corrected chi connectivity index (χ2v) is 8.38. The SMILES string of the molecule is Cc1cc(C)n(-c2ccc(CNC(=O)C3CCCCN3C(=O)c3ccco3)c(C(F)(F)F)c2)n1. The molecule has 0 bridgehead atoms. The van der Waals surface area contributed by atoms with Crippen LogP contribution in [-0.4, -0.2) is 39.1 Å². The minimum absolute atomic E-state index is 0.0640. The van der Waals surface area contributed by atoms with E-state index in [0.29, 0.717) is 24.4 Å². The molecule has 1 fully saturated rings. The molecule has 1 aromatic carbocycles. The molecule has 2 aromatic heterocycles. The molecule has 4 rings (SSSR count). The molecular weight excluding hydrogens is 449 g/mol. The van der Waals surface area contributed by atoms with Gasteiger partial charge in [-0.25, -0.2) is 4.68 Å². The van der Waals surface area contributed by atoms with Crippen LogP contribution in [0.2, 0.25) is 0 Å². The van der Waals surface area contributed by atoms with Crippen molar-refractivity contribution in [1.82, 2.24) is 20.0 Å². The van der Waals surface area contributed by atoms with Crippen LogP contribution in [0.5, 0.6) is 0 Å². The highest BCUT2D eigenvalue weighted by Crippen LogP contribution is 2.34. The summed E-state index contributed by atoms with van der Waals surface area (Å²) in [7, 11) is 0. The first-order valence-electron chi connectivity index (χ1n) is 11.0. The Labute approximate surface area is 194 Å². The van der Waals surface area contributed by atoms with Crippen LogP contribution in [0.1, 0.15) is 52.3 Å². The summed E-state index contributed by atoms with van der Waals surface area (Å²) in [5.74, 6) is -0.774. The monoisotopic (exact) mass is 474 g/mol. The first-order valence-corrected chi connectivity index (χ1v) is 11.0. The topological polar surface area (TPSA) is 80.4 Å². The van der Waals surface area contributed by atoms with E-state index in [9.17, 15) is 22.8 Å². The Hall–Kier alpha value is -3.56. The smallest absolute Gasteiger partial charge is 0.416 e. The number of likely N-dealkylation sites (tertiary alicyclic amines) is 1. The third-order valence-electron chi connectivity index (χ3n) is 5.90. The van der Waals surface area contributed by atoms with E-state index in [1.165, 1.54) is 28.0 Å². The maximum atomic E-state index is 13.8. The van der Waals surface area contributed by atoms with Crippen molar-refractivity contribution in [3.8, 4) is 5.69 Å². The zero-order valence-corrected chi connectivity index (χ0v) is 18.9. The molecule has 1 aliphatic rings. The number of nitrogens with zero attached hydrogens (tertiary/aromatic N) is 3. The van der Waals surface area contributed by atoms with E-state index in [-0.39, 0.29) is 23.6 Å². The second-order valence-electron chi connectivity index (χ2n) is 8.38. The van der Waals surface area contributed by atoms with E-state index in [4.69, 9.17) is 4.42 Å². The normalized spacial score (nSPS) is 16.5. The maximum absolute atomic E-state index is 13.8. The molecule has 1 atom stereocenters. The summed E-state index contributed by atoms with van der Waals surface area (Å²) in [6.45, 7) is 3.59. The number of hydrogen-bond donors (Lipinski definition) is 1. The summed E-state index contributed by atoms with van der Waals surface area (Å²) in [6, 6.07) is 8.04. The second kappa shape index (κ2) is 9.36. The number of halogens is 3. The van der Waals surface area contributed by atoms with Gasteiger partial charge in [0.05, 0.1) is 23.2 Å². The molecule has 0 radical (unpaired) electrons. The van der Waals surface area contributed by atoms with E-state index in [0.717, 1.165) is 18.9 Å². The number of alkyl halides is 3. The Kier molecular flexibility index (Phi) is 6.49. The molecule has 3 heterocycles. The Bertz CT molecular complexity index is 1180. The van der Waals surface area contributed by atoms with Crippen LogP contribution in [-0.2, 0) is 17.5 Å². The largest absolute Gasteiger partial charge is 0.459 e. The van der Waals surface area contributed by atoms with Gasteiger partial charge in [-0.05, 0) is 69.0 Å². The molecule has 1 aliphatic heterocycles. The number of piperidine rings is 1. The number of hydrogen-bond acceptors (Lipinski definition) is 4. The van der Waals surface area contributed by atoms with Crippen LogP contribution < -0.4 is 5.32 Å². The van der Waals surface area contributed by atoms with Crippen molar-refractivity contribution in [3.05, 3.63) is 70.9 Å². The van der Waals surface area contributed by atoms with Crippen LogP contribution >= 0.6 is 0 Å². The average Bonchev–Trinajstić information content (AvgIpc) is 3.46. The lowest BCUT2D eigenvalue weighted by Gasteiger charge is -2.34. The summed E-state index contributed by atoms with van der Waals surface area (Å²) >= 11 is 0. The highest BCUT2D eigenvalue weighted by atomic mass is 19.4. The van der Waals surface area contributed by atoms with Gasteiger partial charge in [-0.3, -0.25) is 9.59 Å². The number of carbonyl (C=O) groups excluding carboxylic acids is 2. The molecule has 0 saturated carbocycles. The predicted octanol–water partition coefficient (Wildman–Crippen LogP) is 4.41. The van der Waals surface area contributed by atoms with Crippen molar-refractivity contribution in [2.75, 3.05) is 6.54 Å². The first kappa shape index (κ1) is 23.6. The van der Waals surface area contributed by atoms with Gasteiger partial charge in [0.1, 0.15) is 6.04 Å². The van der Waals surface area contributed by atoms with E-state index in [2.05, 4.69) is 10.4 Å². The standard InChI is InChI=1S/C24H25F3N4O3/c1-15-12-16(2)31(29-15)18-9-8-17(19(13-18)24(25,26)27)14-28-22(32)20-6-3-4-10-30(20)23(33)21-7-5-11-34-21/h5,7-9,11-13,20H,3-4,6,10,14H2,1-2H3,(H,28,32). The molecule has 7 nitrogen and oxygen atoms in total. The number of nitrogens with one attached hydrogen (secondary N) is 1. The van der Waals surface area contributed by atoms with E-state index >= 15 is 0 Å². The number of furan rings is 1. The van der Waals surface area contributed by atoms with Crippen LogP contribution in [0, 0.1) is 13.8 Å². The van der Waals surface area contributed by atoms with E-state index < -0.39 is 29.6 Å². The Morgan fingerprint density at radius 2 is 1.97 bits per heavy atom. The van der Waals surface area contributed by atoms with Crippen molar-refractivity contribution in [1.29, 1.82) is 0 Å². The van der Waals surface area contributed by atoms with Gasteiger partial charge in [0.15, 0.2) is 5.76 Å². The molecule has 1 N–H and O–H groups in total. The van der Waals surface area contributed by atoms with E-state index in [1.807, 2.05) is 0 Å².